The van der Waals surface area contributed by atoms with Crippen molar-refractivity contribution >= 4 is 11.8 Å². The van der Waals surface area contributed by atoms with Gasteiger partial charge in [0.2, 0.25) is 0 Å². The van der Waals surface area contributed by atoms with Gasteiger partial charge in [-0.25, -0.2) is 0 Å². The number of hydrogen-bond donors (Lipinski definition) is 1. The van der Waals surface area contributed by atoms with Gasteiger partial charge in [-0.05, 0) is 43.7 Å². The average Bonchev–Trinajstić information content (AvgIpc) is 3.17. The predicted octanol–water partition coefficient (Wildman–Crippen LogP) is 1.64. The number of nitrogens with two attached hydrogens (primary N) is 1. The number of carbonyl (C=O) groups is 2. The molecular weight excluding hydrogens is 240 g/mol. The number of imide groups is 1. The second-order valence-corrected chi connectivity index (χ2v) is 5.57. The Morgan fingerprint density at radius 3 is 2.00 bits per heavy atom. The highest BCUT2D eigenvalue weighted by molar-refractivity contribution is 6.22. The van der Waals surface area contributed by atoms with Gasteiger partial charge in [-0.15, -0.1) is 0 Å². The maximum absolute atomic E-state index is 12.6. The van der Waals surface area contributed by atoms with E-state index in [9.17, 15) is 9.59 Å². The molecule has 1 heterocycles. The summed E-state index contributed by atoms with van der Waals surface area (Å²) in [7, 11) is 0. The second kappa shape index (κ2) is 4.17. The highest BCUT2D eigenvalue weighted by atomic mass is 16.2. The highest BCUT2D eigenvalue weighted by Gasteiger charge is 2.46. The van der Waals surface area contributed by atoms with Crippen LogP contribution in [0.25, 0.3) is 0 Å². The lowest BCUT2D eigenvalue weighted by Gasteiger charge is -2.24. The molecule has 1 saturated carbocycles. The Balaban J connectivity index is 2.09. The molecule has 0 aromatic heterocycles. The van der Waals surface area contributed by atoms with E-state index in [-0.39, 0.29) is 17.9 Å². The van der Waals surface area contributed by atoms with Crippen molar-refractivity contribution in [2.75, 3.05) is 6.54 Å². The molecule has 2 amide bonds. The molecule has 1 aliphatic heterocycles. The Kier molecular flexibility index (Phi) is 2.71. The van der Waals surface area contributed by atoms with E-state index in [1.807, 2.05) is 26.0 Å². The van der Waals surface area contributed by atoms with Gasteiger partial charge in [-0.3, -0.25) is 14.5 Å². The third kappa shape index (κ3) is 1.70. The third-order valence-corrected chi connectivity index (χ3v) is 4.23. The highest BCUT2D eigenvalue weighted by Crippen LogP contribution is 2.39. The molecule has 1 fully saturated rings. The monoisotopic (exact) mass is 258 g/mol. The van der Waals surface area contributed by atoms with Crippen LogP contribution in [-0.4, -0.2) is 29.3 Å². The predicted molar refractivity (Wildman–Crippen MR) is 72.0 cm³/mol. The summed E-state index contributed by atoms with van der Waals surface area (Å²) in [5.41, 5.74) is 8.67. The number of carbonyl (C=O) groups excluding carboxylic acids is 2. The molecule has 1 atom stereocenters. The first-order valence-electron chi connectivity index (χ1n) is 6.74. The summed E-state index contributed by atoms with van der Waals surface area (Å²) in [5.74, 6) is 0.0694. The van der Waals surface area contributed by atoms with Gasteiger partial charge in [0, 0.05) is 6.54 Å². The van der Waals surface area contributed by atoms with E-state index in [2.05, 4.69) is 0 Å². The maximum atomic E-state index is 12.6. The Hall–Kier alpha value is -1.68. The molecule has 2 N–H and O–H groups in total. The van der Waals surface area contributed by atoms with Gasteiger partial charge < -0.3 is 5.73 Å². The first-order valence-corrected chi connectivity index (χ1v) is 6.74. The lowest BCUT2D eigenvalue weighted by Crippen LogP contribution is -2.45. The van der Waals surface area contributed by atoms with Crippen LogP contribution in [0.15, 0.2) is 12.1 Å². The van der Waals surface area contributed by atoms with Gasteiger partial charge in [-0.1, -0.05) is 12.1 Å². The van der Waals surface area contributed by atoms with Gasteiger partial charge >= 0.3 is 0 Å². The van der Waals surface area contributed by atoms with E-state index in [1.54, 1.807) is 0 Å². The van der Waals surface area contributed by atoms with Crippen molar-refractivity contribution in [1.82, 2.24) is 4.90 Å². The zero-order chi connectivity index (χ0) is 13.7. The minimum absolute atomic E-state index is 0.133. The molecule has 1 aliphatic carbocycles. The van der Waals surface area contributed by atoms with Crippen LogP contribution in [0, 0.1) is 19.8 Å². The van der Waals surface area contributed by atoms with Gasteiger partial charge in [0.1, 0.15) is 0 Å². The molecule has 0 spiro atoms. The number of benzene rings is 1. The summed E-state index contributed by atoms with van der Waals surface area (Å²) in [6.45, 7) is 4.11. The van der Waals surface area contributed by atoms with Gasteiger partial charge in [0.05, 0.1) is 17.2 Å². The average molecular weight is 258 g/mol. The third-order valence-electron chi connectivity index (χ3n) is 4.23. The summed E-state index contributed by atoms with van der Waals surface area (Å²) in [6.07, 6.45) is 2.13. The number of fused-ring (bicyclic) bond motifs is 1. The number of nitrogens with zero attached hydrogens (tertiary/aromatic N) is 1. The van der Waals surface area contributed by atoms with Crippen LogP contribution >= 0.6 is 0 Å². The molecule has 1 aromatic rings. The summed E-state index contributed by atoms with van der Waals surface area (Å²) >= 11 is 0. The molecule has 4 nitrogen and oxygen atoms in total. The number of aryl methyl sites for hydroxylation is 2. The quantitative estimate of drug-likeness (QED) is 0.838. The molecule has 2 aliphatic rings. The van der Waals surface area contributed by atoms with Gasteiger partial charge in [0.15, 0.2) is 0 Å². The fourth-order valence-electron chi connectivity index (χ4n) is 2.99. The number of amides is 2. The van der Waals surface area contributed by atoms with E-state index in [0.717, 1.165) is 24.0 Å². The first kappa shape index (κ1) is 12.4. The minimum atomic E-state index is -0.163. The Bertz CT molecular complexity index is 535. The molecule has 0 radical (unpaired) electrons. The summed E-state index contributed by atoms with van der Waals surface area (Å²) in [5, 5.41) is 0. The van der Waals surface area contributed by atoms with Crippen LogP contribution in [0.4, 0.5) is 0 Å². The van der Waals surface area contributed by atoms with Crippen LogP contribution in [0.1, 0.15) is 44.7 Å². The van der Waals surface area contributed by atoms with E-state index >= 15 is 0 Å². The van der Waals surface area contributed by atoms with Gasteiger partial charge in [0.25, 0.3) is 11.8 Å². The normalized spacial score (nSPS) is 19.8. The van der Waals surface area contributed by atoms with Gasteiger partial charge in [-0.2, -0.15) is 0 Å². The fourth-order valence-corrected chi connectivity index (χ4v) is 2.99. The standard InChI is InChI=1S/C15H18N2O2/c1-8-3-4-9(2)13-12(8)14(18)17(15(13)19)11(7-16)10-5-6-10/h3-4,10-11H,5-7,16H2,1-2H3. The van der Waals surface area contributed by atoms with E-state index < -0.39 is 0 Å². The largest absolute Gasteiger partial charge is 0.328 e. The van der Waals surface area contributed by atoms with E-state index in [0.29, 0.717) is 23.6 Å². The first-order chi connectivity index (χ1) is 9.06. The van der Waals surface area contributed by atoms with Crippen LogP contribution in [0.2, 0.25) is 0 Å². The molecule has 3 rings (SSSR count). The molecule has 0 bridgehead atoms. The number of rotatable bonds is 3. The van der Waals surface area contributed by atoms with Crippen molar-refractivity contribution in [2.24, 2.45) is 11.7 Å². The Morgan fingerprint density at radius 1 is 1.16 bits per heavy atom. The summed E-state index contributed by atoms with van der Waals surface area (Å²) in [4.78, 5) is 26.5. The fraction of sp³-hybridized carbons (Fsp3) is 0.467. The summed E-state index contributed by atoms with van der Waals surface area (Å²) in [6, 6.07) is 3.67. The van der Waals surface area contributed by atoms with Crippen molar-refractivity contribution in [3.63, 3.8) is 0 Å². The molecule has 19 heavy (non-hydrogen) atoms. The van der Waals surface area contributed by atoms with Crippen molar-refractivity contribution < 1.29 is 9.59 Å². The lowest BCUT2D eigenvalue weighted by molar-refractivity contribution is 0.0570. The smallest absolute Gasteiger partial charge is 0.262 e. The van der Waals surface area contributed by atoms with E-state index in [4.69, 9.17) is 5.73 Å². The molecule has 1 aromatic carbocycles. The van der Waals surface area contributed by atoms with Crippen LogP contribution in [0.3, 0.4) is 0 Å². The molecule has 1 unspecified atom stereocenters. The second-order valence-electron chi connectivity index (χ2n) is 5.57. The SMILES string of the molecule is Cc1ccc(C)c2c1C(=O)N(C(CN)C1CC1)C2=O. The van der Waals surface area contributed by atoms with Crippen molar-refractivity contribution in [1.29, 1.82) is 0 Å². The maximum Gasteiger partial charge on any atom is 0.262 e. The Morgan fingerprint density at radius 2 is 1.63 bits per heavy atom. The van der Waals surface area contributed by atoms with E-state index in [1.165, 1.54) is 4.90 Å². The van der Waals surface area contributed by atoms with Crippen LogP contribution < -0.4 is 5.73 Å². The zero-order valence-electron chi connectivity index (χ0n) is 11.3. The van der Waals surface area contributed by atoms with Crippen LogP contribution in [0.5, 0.6) is 0 Å². The molecule has 100 valence electrons. The minimum Gasteiger partial charge on any atom is -0.328 e. The van der Waals surface area contributed by atoms with Crippen molar-refractivity contribution in [2.45, 2.75) is 32.7 Å². The zero-order valence-corrected chi connectivity index (χ0v) is 11.3. The Labute approximate surface area is 112 Å². The van der Waals surface area contributed by atoms with Crippen molar-refractivity contribution in [3.8, 4) is 0 Å². The molecule has 4 heteroatoms. The summed E-state index contributed by atoms with van der Waals surface area (Å²) < 4.78 is 0. The lowest BCUT2D eigenvalue weighted by atomic mass is 9.99. The van der Waals surface area contributed by atoms with Crippen molar-refractivity contribution in [3.05, 3.63) is 34.4 Å². The molecular formula is C15H18N2O2. The topological polar surface area (TPSA) is 63.4 Å². The number of hydrogen-bond acceptors (Lipinski definition) is 3. The van der Waals surface area contributed by atoms with Crippen LogP contribution in [-0.2, 0) is 0 Å². The molecule has 0 saturated heterocycles.